The zero-order valence-corrected chi connectivity index (χ0v) is 21.0. The van der Waals surface area contributed by atoms with Crippen LogP contribution in [-0.4, -0.2) is 47.9 Å². The number of aryl methyl sites for hydroxylation is 1. The monoisotopic (exact) mass is 512 g/mol. The van der Waals surface area contributed by atoms with Gasteiger partial charge < -0.3 is 20.5 Å². The van der Waals surface area contributed by atoms with E-state index in [-0.39, 0.29) is 22.6 Å². The van der Waals surface area contributed by atoms with Crippen LogP contribution in [0.5, 0.6) is 0 Å². The second kappa shape index (κ2) is 10.6. The van der Waals surface area contributed by atoms with E-state index in [0.29, 0.717) is 46.3 Å². The van der Waals surface area contributed by atoms with E-state index < -0.39 is 17.5 Å². The molecule has 4 rings (SSSR count). The summed E-state index contributed by atoms with van der Waals surface area (Å²) in [5.74, 6) is -2.29. The van der Waals surface area contributed by atoms with E-state index >= 15 is 0 Å². The van der Waals surface area contributed by atoms with Crippen LogP contribution in [0.25, 0.3) is 22.8 Å². The predicted octanol–water partition coefficient (Wildman–Crippen LogP) is 5.49. The number of hydrogen-bond donors (Lipinski definition) is 3. The summed E-state index contributed by atoms with van der Waals surface area (Å²) in [6.07, 6.45) is 1.56. The molecule has 0 saturated carbocycles. The van der Waals surface area contributed by atoms with Crippen molar-refractivity contribution in [2.45, 2.75) is 20.8 Å². The second-order valence-corrected chi connectivity index (χ2v) is 8.96. The van der Waals surface area contributed by atoms with Crippen molar-refractivity contribution >= 4 is 40.8 Å². The molecule has 0 spiro atoms. The van der Waals surface area contributed by atoms with Crippen LogP contribution >= 0.6 is 11.6 Å². The molecule has 1 aromatic heterocycles. The lowest BCUT2D eigenvalue weighted by molar-refractivity contribution is -0.110. The summed E-state index contributed by atoms with van der Waals surface area (Å²) in [5.41, 5.74) is 2.88. The minimum absolute atomic E-state index is 0.0474. The van der Waals surface area contributed by atoms with Gasteiger partial charge in [0.05, 0.1) is 11.1 Å². The van der Waals surface area contributed by atoms with Gasteiger partial charge in [-0.3, -0.25) is 9.59 Å². The number of nitrogens with one attached hydrogen (secondary N) is 3. The molecule has 6 nitrogen and oxygen atoms in total. The molecule has 188 valence electrons. The van der Waals surface area contributed by atoms with Gasteiger partial charge in [-0.05, 0) is 56.4 Å². The Hall–Kier alpha value is -3.49. The number of H-pyrrole nitrogens is 1. The second-order valence-electron chi connectivity index (χ2n) is 8.52. The summed E-state index contributed by atoms with van der Waals surface area (Å²) in [6.45, 7) is 8.56. The summed E-state index contributed by atoms with van der Waals surface area (Å²) < 4.78 is 28.7. The summed E-state index contributed by atoms with van der Waals surface area (Å²) in [4.78, 5) is 31.3. The zero-order chi connectivity index (χ0) is 26.0. The van der Waals surface area contributed by atoms with Crippen molar-refractivity contribution in [3.8, 4) is 11.1 Å². The third kappa shape index (κ3) is 5.05. The van der Waals surface area contributed by atoms with Gasteiger partial charge in [-0.1, -0.05) is 25.4 Å². The van der Waals surface area contributed by atoms with Crippen molar-refractivity contribution in [3.63, 3.8) is 0 Å². The number of aromatic nitrogens is 1. The molecule has 3 N–H and O–H groups in total. The summed E-state index contributed by atoms with van der Waals surface area (Å²) in [7, 11) is 0. The molecule has 36 heavy (non-hydrogen) atoms. The van der Waals surface area contributed by atoms with Crippen molar-refractivity contribution in [1.29, 1.82) is 0 Å². The molecule has 1 aliphatic heterocycles. The Morgan fingerprint density at radius 2 is 1.86 bits per heavy atom. The fraction of sp³-hybridized carbons (Fsp3) is 0.259. The molecule has 3 aromatic rings. The maximum absolute atomic E-state index is 15.0. The van der Waals surface area contributed by atoms with Crippen LogP contribution in [0, 0.1) is 18.6 Å². The number of aromatic amines is 1. The van der Waals surface area contributed by atoms with E-state index in [2.05, 4.69) is 20.5 Å². The molecule has 0 unspecified atom stereocenters. The maximum Gasteiger partial charge on any atom is 0.256 e. The Bertz CT molecular complexity index is 1360. The third-order valence-corrected chi connectivity index (χ3v) is 6.54. The summed E-state index contributed by atoms with van der Waals surface area (Å²) >= 11 is 6.15. The fourth-order valence-electron chi connectivity index (χ4n) is 4.42. The van der Waals surface area contributed by atoms with Crippen LogP contribution in [0.15, 0.2) is 36.4 Å². The number of hydrogen-bond acceptors (Lipinski definition) is 3. The first kappa shape index (κ1) is 25.6. The van der Waals surface area contributed by atoms with E-state index in [9.17, 15) is 18.4 Å². The molecule has 2 heterocycles. The fourth-order valence-corrected chi connectivity index (χ4v) is 4.59. The average Bonchev–Trinajstić information content (AvgIpc) is 3.32. The minimum Gasteiger partial charge on any atom is -0.358 e. The quantitative estimate of drug-likeness (QED) is 0.349. The molecule has 0 fully saturated rings. The molecule has 0 bridgehead atoms. The summed E-state index contributed by atoms with van der Waals surface area (Å²) in [6, 6.07) is 8.23. The molecule has 2 aromatic carbocycles. The van der Waals surface area contributed by atoms with Crippen LogP contribution in [0.4, 0.5) is 14.5 Å². The molecule has 0 aliphatic carbocycles. The van der Waals surface area contributed by atoms with Crippen LogP contribution < -0.4 is 10.6 Å². The highest BCUT2D eigenvalue weighted by molar-refractivity contribution is 6.37. The van der Waals surface area contributed by atoms with Crippen molar-refractivity contribution in [2.75, 3.05) is 31.5 Å². The normalized spacial score (nSPS) is 13.9. The topological polar surface area (TPSA) is 77.2 Å². The number of fused-ring (bicyclic) bond motifs is 1. The molecular formula is C27H27ClF2N4O2. The number of likely N-dealkylation sites (N-methyl/N-ethyl adjacent to an activating group) is 1. The van der Waals surface area contributed by atoms with Gasteiger partial charge in [0.1, 0.15) is 11.6 Å². The number of carbonyl (C=O) groups excluding carboxylic acids is 2. The Morgan fingerprint density at radius 3 is 2.56 bits per heavy atom. The number of nitrogens with zero attached hydrogens (tertiary/aromatic N) is 1. The summed E-state index contributed by atoms with van der Waals surface area (Å²) in [5, 5.41) is 6.14. The highest BCUT2D eigenvalue weighted by Gasteiger charge is 2.28. The minimum atomic E-state index is -0.815. The highest BCUT2D eigenvalue weighted by Crippen LogP contribution is 2.38. The van der Waals surface area contributed by atoms with Gasteiger partial charge in [-0.2, -0.15) is 0 Å². The van der Waals surface area contributed by atoms with Crippen molar-refractivity contribution < 1.29 is 18.4 Å². The van der Waals surface area contributed by atoms with Gasteiger partial charge >= 0.3 is 0 Å². The first-order valence-electron chi connectivity index (χ1n) is 11.7. The van der Waals surface area contributed by atoms with Gasteiger partial charge in [0.2, 0.25) is 0 Å². The van der Waals surface area contributed by atoms with E-state index in [1.54, 1.807) is 31.2 Å². The van der Waals surface area contributed by atoms with E-state index in [0.717, 1.165) is 25.2 Å². The molecule has 1 aliphatic rings. The van der Waals surface area contributed by atoms with Crippen LogP contribution in [0.1, 0.15) is 41.2 Å². The smallest absolute Gasteiger partial charge is 0.256 e. The molecule has 0 atom stereocenters. The highest BCUT2D eigenvalue weighted by atomic mass is 35.5. The van der Waals surface area contributed by atoms with Crippen LogP contribution in [-0.2, 0) is 4.79 Å². The number of benzene rings is 2. The Morgan fingerprint density at radius 1 is 1.11 bits per heavy atom. The molecule has 2 amide bonds. The van der Waals surface area contributed by atoms with E-state index in [4.69, 9.17) is 11.6 Å². The van der Waals surface area contributed by atoms with Crippen LogP contribution in [0.3, 0.4) is 0 Å². The number of anilines is 1. The number of rotatable bonds is 8. The average molecular weight is 513 g/mol. The lowest BCUT2D eigenvalue weighted by atomic mass is 9.97. The SMILES string of the molecule is CCN(CC)CCNC(=O)c1c(C)[nH]c(/C=C2\C(=O)Nc3ccc(Cl)cc32)c1-c1ccc(F)cc1F. The lowest BCUT2D eigenvalue weighted by Gasteiger charge is -2.18. The van der Waals surface area contributed by atoms with Crippen molar-refractivity contribution in [2.24, 2.45) is 0 Å². The van der Waals surface area contributed by atoms with Crippen LogP contribution in [0.2, 0.25) is 5.02 Å². The van der Waals surface area contributed by atoms with Crippen molar-refractivity contribution in [1.82, 2.24) is 15.2 Å². The number of halogens is 3. The van der Waals surface area contributed by atoms with Gasteiger partial charge in [0.25, 0.3) is 11.8 Å². The maximum atomic E-state index is 15.0. The van der Waals surface area contributed by atoms with E-state index in [1.807, 2.05) is 13.8 Å². The zero-order valence-electron chi connectivity index (χ0n) is 20.3. The Balaban J connectivity index is 1.81. The van der Waals surface area contributed by atoms with Gasteiger partial charge in [-0.25, -0.2) is 8.78 Å². The van der Waals surface area contributed by atoms with Gasteiger partial charge in [-0.15, -0.1) is 0 Å². The Labute approximate surface area is 213 Å². The first-order chi connectivity index (χ1) is 17.2. The van der Waals surface area contributed by atoms with E-state index in [1.165, 1.54) is 6.07 Å². The molecule has 9 heteroatoms. The third-order valence-electron chi connectivity index (χ3n) is 6.31. The van der Waals surface area contributed by atoms with Gasteiger partial charge in [0, 0.05) is 57.9 Å². The Kier molecular flexibility index (Phi) is 7.56. The van der Waals surface area contributed by atoms with Gasteiger partial charge in [0.15, 0.2) is 0 Å². The molecular weight excluding hydrogens is 486 g/mol. The predicted molar refractivity (Wildman–Crippen MR) is 139 cm³/mol. The standard InChI is InChI=1S/C27H27ClF2N4O2/c1-4-34(5-2)11-10-31-27(36)24-15(3)32-23(25(24)18-8-7-17(29)13-21(18)30)14-20-19-12-16(28)6-9-22(19)33-26(20)35/h6-9,12-14,32H,4-5,10-11H2,1-3H3,(H,31,36)(H,33,35)/b20-14-. The molecule has 0 radical (unpaired) electrons. The number of amides is 2. The molecule has 0 saturated heterocycles. The largest absolute Gasteiger partial charge is 0.358 e. The lowest BCUT2D eigenvalue weighted by Crippen LogP contribution is -2.35. The number of carbonyl (C=O) groups is 2. The first-order valence-corrected chi connectivity index (χ1v) is 12.1. The van der Waals surface area contributed by atoms with Crippen molar-refractivity contribution in [3.05, 3.63) is 75.6 Å².